The molecule has 2 aromatic carbocycles. The van der Waals surface area contributed by atoms with E-state index in [-0.39, 0.29) is 18.1 Å². The molecule has 2 atom stereocenters. The maximum absolute atomic E-state index is 12.5. The zero-order chi connectivity index (χ0) is 17.8. The summed E-state index contributed by atoms with van der Waals surface area (Å²) in [6.07, 6.45) is 0.942. The third kappa shape index (κ3) is 4.10. The first-order valence-corrected chi connectivity index (χ1v) is 9.50. The van der Waals surface area contributed by atoms with Gasteiger partial charge in [0.15, 0.2) is 0 Å². The zero-order valence-corrected chi connectivity index (χ0v) is 15.7. The van der Waals surface area contributed by atoms with E-state index in [2.05, 4.69) is 28.8 Å². The maximum atomic E-state index is 12.5. The summed E-state index contributed by atoms with van der Waals surface area (Å²) < 4.78 is 5.43. The quantitative estimate of drug-likeness (QED) is 0.842. The largest absolute Gasteiger partial charge is 0.496 e. The second-order valence-electron chi connectivity index (χ2n) is 6.31. The Balaban J connectivity index is 1.68. The van der Waals surface area contributed by atoms with E-state index in [1.165, 1.54) is 10.5 Å². The number of aryl methyl sites for hydroxylation is 1. The van der Waals surface area contributed by atoms with E-state index in [4.69, 9.17) is 4.74 Å². The lowest BCUT2D eigenvalue weighted by Gasteiger charge is -2.27. The molecule has 132 valence electrons. The molecule has 4 nitrogen and oxygen atoms in total. The van der Waals surface area contributed by atoms with Gasteiger partial charge in [-0.05, 0) is 38.0 Å². The fourth-order valence-corrected chi connectivity index (χ4v) is 4.28. The summed E-state index contributed by atoms with van der Waals surface area (Å²) in [5, 5.41) is 6.16. The summed E-state index contributed by atoms with van der Waals surface area (Å²) in [6, 6.07) is 14.1. The van der Waals surface area contributed by atoms with Gasteiger partial charge in [0.1, 0.15) is 5.75 Å². The van der Waals surface area contributed by atoms with Gasteiger partial charge in [0.2, 0.25) is 0 Å². The van der Waals surface area contributed by atoms with Gasteiger partial charge in [-0.2, -0.15) is 0 Å². The van der Waals surface area contributed by atoms with Gasteiger partial charge in [-0.3, -0.25) is 0 Å². The molecule has 0 bridgehead atoms. The van der Waals surface area contributed by atoms with Crippen LogP contribution in [0, 0.1) is 6.92 Å². The number of hydrogen-bond donors (Lipinski definition) is 2. The number of nitrogens with one attached hydrogen (secondary N) is 2. The van der Waals surface area contributed by atoms with E-state index < -0.39 is 0 Å². The molecule has 0 unspecified atom stereocenters. The molecule has 5 heteroatoms. The normalized spacial score (nSPS) is 17.3. The van der Waals surface area contributed by atoms with E-state index >= 15 is 0 Å². The lowest BCUT2D eigenvalue weighted by Crippen LogP contribution is -2.40. The van der Waals surface area contributed by atoms with Gasteiger partial charge in [0, 0.05) is 16.2 Å². The van der Waals surface area contributed by atoms with Crippen LogP contribution >= 0.6 is 11.8 Å². The molecule has 2 N–H and O–H groups in total. The maximum Gasteiger partial charge on any atom is 0.315 e. The Labute approximate surface area is 153 Å². The molecule has 3 rings (SSSR count). The minimum Gasteiger partial charge on any atom is -0.496 e. The van der Waals surface area contributed by atoms with Gasteiger partial charge in [0.05, 0.1) is 19.2 Å². The number of fused-ring (bicyclic) bond motifs is 1. The summed E-state index contributed by atoms with van der Waals surface area (Å²) in [7, 11) is 1.65. The predicted molar refractivity (Wildman–Crippen MR) is 102 cm³/mol. The number of hydrogen-bond acceptors (Lipinski definition) is 3. The Kier molecular flexibility index (Phi) is 5.53. The molecule has 1 aliphatic rings. The molecule has 0 radical (unpaired) electrons. The van der Waals surface area contributed by atoms with Crippen LogP contribution in [0.3, 0.4) is 0 Å². The number of thioether (sulfide) groups is 1. The van der Waals surface area contributed by atoms with E-state index in [1.807, 2.05) is 49.9 Å². The fraction of sp³-hybridized carbons (Fsp3) is 0.350. The van der Waals surface area contributed by atoms with Crippen LogP contribution in [0.25, 0.3) is 0 Å². The molecular weight excluding hydrogens is 332 g/mol. The monoisotopic (exact) mass is 356 g/mol. The van der Waals surface area contributed by atoms with Gasteiger partial charge in [-0.15, -0.1) is 11.8 Å². The second-order valence-corrected chi connectivity index (χ2v) is 7.45. The lowest BCUT2D eigenvalue weighted by molar-refractivity contribution is 0.233. The van der Waals surface area contributed by atoms with Crippen LogP contribution in [0.5, 0.6) is 5.75 Å². The third-order valence-electron chi connectivity index (χ3n) is 4.46. The van der Waals surface area contributed by atoms with Crippen molar-refractivity contribution in [2.24, 2.45) is 0 Å². The number of rotatable bonds is 4. The smallest absolute Gasteiger partial charge is 0.315 e. The Morgan fingerprint density at radius 2 is 2.08 bits per heavy atom. The molecule has 2 aromatic rings. The van der Waals surface area contributed by atoms with Crippen LogP contribution in [0.15, 0.2) is 47.4 Å². The van der Waals surface area contributed by atoms with Crippen LogP contribution in [0.1, 0.15) is 42.1 Å². The average Bonchev–Trinajstić information content (AvgIpc) is 2.62. The van der Waals surface area contributed by atoms with E-state index in [0.717, 1.165) is 29.1 Å². The Morgan fingerprint density at radius 3 is 2.88 bits per heavy atom. The van der Waals surface area contributed by atoms with Crippen LogP contribution in [-0.4, -0.2) is 18.9 Å². The Morgan fingerprint density at radius 1 is 1.28 bits per heavy atom. The highest BCUT2D eigenvalue weighted by molar-refractivity contribution is 7.99. The number of urea groups is 1. The van der Waals surface area contributed by atoms with Crippen molar-refractivity contribution in [3.63, 3.8) is 0 Å². The molecular formula is C20H24N2O2S. The zero-order valence-electron chi connectivity index (χ0n) is 14.8. The SMILES string of the molecule is COc1ccc(C)cc1[C@H](C)NC(=O)N[C@@H]1CCSc2ccccc21. The topological polar surface area (TPSA) is 50.4 Å². The lowest BCUT2D eigenvalue weighted by atomic mass is 10.0. The Hall–Kier alpha value is -2.14. The van der Waals surface area contributed by atoms with Crippen molar-refractivity contribution in [2.75, 3.05) is 12.9 Å². The summed E-state index contributed by atoms with van der Waals surface area (Å²) in [5.41, 5.74) is 3.33. The van der Waals surface area contributed by atoms with Crippen molar-refractivity contribution in [3.8, 4) is 5.75 Å². The van der Waals surface area contributed by atoms with Crippen LogP contribution < -0.4 is 15.4 Å². The number of carbonyl (C=O) groups excluding carboxylic acids is 1. The van der Waals surface area contributed by atoms with Crippen molar-refractivity contribution in [1.82, 2.24) is 10.6 Å². The number of carbonyl (C=O) groups is 1. The molecule has 2 amide bonds. The van der Waals surface area contributed by atoms with Gasteiger partial charge in [-0.1, -0.05) is 35.9 Å². The van der Waals surface area contributed by atoms with Crippen molar-refractivity contribution in [2.45, 2.75) is 37.2 Å². The van der Waals surface area contributed by atoms with Crippen molar-refractivity contribution < 1.29 is 9.53 Å². The second kappa shape index (κ2) is 7.83. The summed E-state index contributed by atoms with van der Waals surface area (Å²) in [4.78, 5) is 13.8. The highest BCUT2D eigenvalue weighted by Gasteiger charge is 2.23. The van der Waals surface area contributed by atoms with Gasteiger partial charge in [0.25, 0.3) is 0 Å². The molecule has 0 saturated heterocycles. The van der Waals surface area contributed by atoms with Crippen LogP contribution in [0.4, 0.5) is 4.79 Å². The van der Waals surface area contributed by atoms with E-state index in [1.54, 1.807) is 7.11 Å². The van der Waals surface area contributed by atoms with Crippen molar-refractivity contribution >= 4 is 17.8 Å². The molecule has 0 aliphatic carbocycles. The number of amides is 2. The first kappa shape index (κ1) is 17.7. The van der Waals surface area contributed by atoms with Crippen molar-refractivity contribution in [1.29, 1.82) is 0 Å². The van der Waals surface area contributed by atoms with Gasteiger partial charge >= 0.3 is 6.03 Å². The Bertz CT molecular complexity index is 763. The summed E-state index contributed by atoms with van der Waals surface area (Å²) in [6.45, 7) is 4.01. The number of methoxy groups -OCH3 is 1. The highest BCUT2D eigenvalue weighted by atomic mass is 32.2. The molecule has 0 saturated carbocycles. The van der Waals surface area contributed by atoms with E-state index in [9.17, 15) is 4.79 Å². The van der Waals surface area contributed by atoms with Gasteiger partial charge in [-0.25, -0.2) is 4.79 Å². The van der Waals surface area contributed by atoms with Gasteiger partial charge < -0.3 is 15.4 Å². The minimum atomic E-state index is -0.150. The molecule has 0 fully saturated rings. The summed E-state index contributed by atoms with van der Waals surface area (Å²) >= 11 is 1.85. The third-order valence-corrected chi connectivity index (χ3v) is 5.59. The molecule has 0 spiro atoms. The highest BCUT2D eigenvalue weighted by Crippen LogP contribution is 2.35. The van der Waals surface area contributed by atoms with Crippen LogP contribution in [-0.2, 0) is 0 Å². The standard InChI is InChI=1S/C20H24N2O2S/c1-13-8-9-18(24-3)16(12-13)14(2)21-20(23)22-17-10-11-25-19-7-5-4-6-15(17)19/h4-9,12,14,17H,10-11H2,1-3H3,(H2,21,22,23)/t14-,17+/m0/s1. The first-order chi connectivity index (χ1) is 12.1. The number of ether oxygens (including phenoxy) is 1. The van der Waals surface area contributed by atoms with Crippen molar-refractivity contribution in [3.05, 3.63) is 59.2 Å². The fourth-order valence-electron chi connectivity index (χ4n) is 3.16. The first-order valence-electron chi connectivity index (χ1n) is 8.51. The predicted octanol–water partition coefficient (Wildman–Crippen LogP) is 4.60. The average molecular weight is 356 g/mol. The molecule has 1 aliphatic heterocycles. The minimum absolute atomic E-state index is 0.0593. The summed E-state index contributed by atoms with van der Waals surface area (Å²) in [5.74, 6) is 1.81. The molecule has 25 heavy (non-hydrogen) atoms. The molecule has 1 heterocycles. The number of benzene rings is 2. The van der Waals surface area contributed by atoms with E-state index in [0.29, 0.717) is 0 Å². The molecule has 0 aromatic heterocycles. The van der Waals surface area contributed by atoms with Crippen LogP contribution in [0.2, 0.25) is 0 Å².